The summed E-state index contributed by atoms with van der Waals surface area (Å²) < 4.78 is 13.7. The number of rotatable bonds is 1. The average Bonchev–Trinajstić information content (AvgIpc) is 2.28. The summed E-state index contributed by atoms with van der Waals surface area (Å²) in [6.07, 6.45) is 5.36. The minimum absolute atomic E-state index is 0.0704. The maximum absolute atomic E-state index is 13.7. The Labute approximate surface area is 99.9 Å². The third-order valence-corrected chi connectivity index (χ3v) is 2.89. The van der Waals surface area contributed by atoms with Crippen LogP contribution in [0.4, 0.5) is 4.39 Å². The molecule has 0 fully saturated rings. The maximum atomic E-state index is 13.7. The van der Waals surface area contributed by atoms with E-state index in [9.17, 15) is 9.50 Å². The van der Waals surface area contributed by atoms with E-state index in [4.69, 9.17) is 6.42 Å². The zero-order chi connectivity index (χ0) is 12.6. The van der Waals surface area contributed by atoms with Crippen molar-refractivity contribution in [2.45, 2.75) is 19.8 Å². The lowest BCUT2D eigenvalue weighted by Crippen LogP contribution is -1.95. The molecule has 86 valence electrons. The molecule has 0 unspecified atom stereocenters. The number of hydrogen-bond acceptors (Lipinski definition) is 1. The van der Waals surface area contributed by atoms with Crippen LogP contribution in [0.3, 0.4) is 0 Å². The molecule has 2 heteroatoms. The molecule has 1 nitrogen and oxygen atoms in total. The zero-order valence-corrected chi connectivity index (χ0v) is 9.79. The van der Waals surface area contributed by atoms with Crippen molar-refractivity contribution in [3.05, 3.63) is 41.2 Å². The molecule has 0 heterocycles. The molecule has 2 aromatic carbocycles. The number of hydrogen-bond donors (Lipinski definition) is 1. The summed E-state index contributed by atoms with van der Waals surface area (Å²) in [6, 6.07) is 6.57. The van der Waals surface area contributed by atoms with Gasteiger partial charge in [0.25, 0.3) is 0 Å². The van der Waals surface area contributed by atoms with E-state index in [1.54, 1.807) is 6.07 Å². The molecule has 0 aliphatic heterocycles. The molecular weight excluding hydrogens is 215 g/mol. The van der Waals surface area contributed by atoms with Gasteiger partial charge in [-0.3, -0.25) is 0 Å². The second kappa shape index (κ2) is 4.10. The van der Waals surface area contributed by atoms with E-state index >= 15 is 0 Å². The van der Waals surface area contributed by atoms with Gasteiger partial charge in [0, 0.05) is 16.8 Å². The van der Waals surface area contributed by atoms with Gasteiger partial charge in [-0.1, -0.05) is 38.0 Å². The van der Waals surface area contributed by atoms with Gasteiger partial charge in [-0.05, 0) is 11.5 Å². The molecule has 0 saturated heterocycles. The monoisotopic (exact) mass is 228 g/mol. The van der Waals surface area contributed by atoms with Crippen LogP contribution >= 0.6 is 0 Å². The van der Waals surface area contributed by atoms with Gasteiger partial charge < -0.3 is 5.11 Å². The predicted molar refractivity (Wildman–Crippen MR) is 67.6 cm³/mol. The van der Waals surface area contributed by atoms with Gasteiger partial charge in [-0.15, -0.1) is 6.42 Å². The number of halogens is 1. The first-order valence-corrected chi connectivity index (χ1v) is 5.47. The minimum Gasteiger partial charge on any atom is -0.507 e. The first kappa shape index (κ1) is 11.5. The van der Waals surface area contributed by atoms with E-state index in [0.717, 1.165) is 11.6 Å². The van der Waals surface area contributed by atoms with Crippen molar-refractivity contribution >= 4 is 10.8 Å². The Kier molecular flexibility index (Phi) is 2.77. The van der Waals surface area contributed by atoms with Crippen LogP contribution in [0.25, 0.3) is 10.8 Å². The summed E-state index contributed by atoms with van der Waals surface area (Å²) in [4.78, 5) is 0. The smallest absolute Gasteiger partial charge is 0.143 e. The van der Waals surface area contributed by atoms with Gasteiger partial charge in [0.1, 0.15) is 11.6 Å². The van der Waals surface area contributed by atoms with Crippen molar-refractivity contribution in [3.63, 3.8) is 0 Å². The first-order chi connectivity index (χ1) is 8.06. The average molecular weight is 228 g/mol. The third-order valence-electron chi connectivity index (χ3n) is 2.89. The molecule has 1 N–H and O–H groups in total. The van der Waals surface area contributed by atoms with Crippen LogP contribution in [0.15, 0.2) is 24.3 Å². The van der Waals surface area contributed by atoms with Crippen molar-refractivity contribution in [3.8, 4) is 18.1 Å². The van der Waals surface area contributed by atoms with E-state index in [1.807, 2.05) is 26.0 Å². The standard InChI is InChI=1S/C15H13FO/c1-4-10-13(16)8-14(17)12-7-5-6-11(9(2)3)15(10)12/h1,5-9,17H,2-3H3. The summed E-state index contributed by atoms with van der Waals surface area (Å²) in [5.74, 6) is 1.97. The lowest BCUT2D eigenvalue weighted by atomic mass is 9.92. The molecule has 0 bridgehead atoms. The largest absolute Gasteiger partial charge is 0.507 e. The van der Waals surface area contributed by atoms with E-state index in [0.29, 0.717) is 10.8 Å². The van der Waals surface area contributed by atoms with Gasteiger partial charge >= 0.3 is 0 Å². The van der Waals surface area contributed by atoms with E-state index in [2.05, 4.69) is 5.92 Å². The second-order valence-corrected chi connectivity index (χ2v) is 4.32. The summed E-state index contributed by atoms with van der Waals surface area (Å²) in [6.45, 7) is 4.02. The number of phenolic OH excluding ortho intramolecular Hbond substituents is 1. The third kappa shape index (κ3) is 1.74. The highest BCUT2D eigenvalue weighted by Gasteiger charge is 2.14. The van der Waals surface area contributed by atoms with Crippen LogP contribution < -0.4 is 0 Å². The number of fused-ring (bicyclic) bond motifs is 1. The molecule has 0 radical (unpaired) electrons. The van der Waals surface area contributed by atoms with Gasteiger partial charge in [0.05, 0.1) is 5.56 Å². The van der Waals surface area contributed by atoms with E-state index < -0.39 is 5.82 Å². The Hall–Kier alpha value is -2.01. The molecule has 0 atom stereocenters. The van der Waals surface area contributed by atoms with Crippen LogP contribution in [-0.2, 0) is 0 Å². The van der Waals surface area contributed by atoms with E-state index in [-0.39, 0.29) is 17.2 Å². The SMILES string of the molecule is C#Cc1c(F)cc(O)c2cccc(C(C)C)c12. The number of benzene rings is 2. The molecule has 0 spiro atoms. The van der Waals surface area contributed by atoms with Gasteiger partial charge in [0.2, 0.25) is 0 Å². The molecule has 17 heavy (non-hydrogen) atoms. The van der Waals surface area contributed by atoms with Gasteiger partial charge in [-0.25, -0.2) is 4.39 Å². The fourth-order valence-corrected chi connectivity index (χ4v) is 2.07. The Bertz CT molecular complexity index is 621. The summed E-state index contributed by atoms with van der Waals surface area (Å²) in [5, 5.41) is 11.0. The van der Waals surface area contributed by atoms with Gasteiger partial charge in [0.15, 0.2) is 0 Å². The number of aromatic hydroxyl groups is 1. The predicted octanol–water partition coefficient (Wildman–Crippen LogP) is 3.79. The van der Waals surface area contributed by atoms with Gasteiger partial charge in [-0.2, -0.15) is 0 Å². The van der Waals surface area contributed by atoms with Crippen molar-refractivity contribution in [1.29, 1.82) is 0 Å². The summed E-state index contributed by atoms with van der Waals surface area (Å²) in [5.41, 5.74) is 1.17. The molecule has 0 aliphatic carbocycles. The fraction of sp³-hybridized carbons (Fsp3) is 0.200. The van der Waals surface area contributed by atoms with Crippen LogP contribution in [0, 0.1) is 18.2 Å². The molecule has 0 saturated carbocycles. The Morgan fingerprint density at radius 3 is 2.65 bits per heavy atom. The molecule has 0 amide bonds. The highest BCUT2D eigenvalue weighted by atomic mass is 19.1. The quantitative estimate of drug-likeness (QED) is 0.736. The summed E-state index contributed by atoms with van der Waals surface area (Å²) in [7, 11) is 0. The highest BCUT2D eigenvalue weighted by Crippen LogP contribution is 2.34. The molecule has 0 aliphatic rings. The molecular formula is C15H13FO. The molecule has 0 aromatic heterocycles. The Morgan fingerprint density at radius 1 is 1.35 bits per heavy atom. The van der Waals surface area contributed by atoms with Crippen LogP contribution in [0.2, 0.25) is 0 Å². The van der Waals surface area contributed by atoms with Crippen molar-refractivity contribution < 1.29 is 9.50 Å². The normalized spacial score (nSPS) is 10.8. The van der Waals surface area contributed by atoms with Crippen LogP contribution in [0.1, 0.15) is 30.9 Å². The van der Waals surface area contributed by atoms with Crippen molar-refractivity contribution in [2.75, 3.05) is 0 Å². The Morgan fingerprint density at radius 2 is 2.06 bits per heavy atom. The maximum Gasteiger partial charge on any atom is 0.143 e. The van der Waals surface area contributed by atoms with E-state index in [1.165, 1.54) is 0 Å². The topological polar surface area (TPSA) is 20.2 Å². The van der Waals surface area contributed by atoms with Crippen molar-refractivity contribution in [1.82, 2.24) is 0 Å². The lowest BCUT2D eigenvalue weighted by molar-refractivity contribution is 0.475. The highest BCUT2D eigenvalue weighted by molar-refractivity contribution is 5.95. The van der Waals surface area contributed by atoms with Crippen molar-refractivity contribution in [2.24, 2.45) is 0 Å². The number of phenols is 1. The lowest BCUT2D eigenvalue weighted by Gasteiger charge is -2.13. The second-order valence-electron chi connectivity index (χ2n) is 4.32. The minimum atomic E-state index is -0.550. The van der Waals surface area contributed by atoms with Crippen LogP contribution in [-0.4, -0.2) is 5.11 Å². The summed E-state index contributed by atoms with van der Waals surface area (Å²) >= 11 is 0. The molecule has 2 aromatic rings. The number of terminal acetylenes is 1. The first-order valence-electron chi connectivity index (χ1n) is 5.47. The Balaban J connectivity index is 3.02. The molecule has 2 rings (SSSR count). The zero-order valence-electron chi connectivity index (χ0n) is 9.79. The van der Waals surface area contributed by atoms with Crippen LogP contribution in [0.5, 0.6) is 5.75 Å². The fourth-order valence-electron chi connectivity index (χ4n) is 2.07.